The maximum Gasteiger partial charge on any atom is 0.162 e. The Bertz CT molecular complexity index is 607. The third kappa shape index (κ3) is 3.99. The Morgan fingerprint density at radius 2 is 1.67 bits per heavy atom. The van der Waals surface area contributed by atoms with Crippen molar-refractivity contribution in [3.63, 3.8) is 0 Å². The molecule has 0 aromatic heterocycles. The average molecular weight is 286 g/mol. The summed E-state index contributed by atoms with van der Waals surface area (Å²) in [6.45, 7) is 2.78. The molecular weight excluding hydrogens is 268 g/mol. The third-order valence-electron chi connectivity index (χ3n) is 3.02. The van der Waals surface area contributed by atoms with E-state index in [2.05, 4.69) is 0 Å². The number of ether oxygens (including phenoxy) is 3. The largest absolute Gasteiger partial charge is 0.493 e. The molecule has 0 aliphatic rings. The quantitative estimate of drug-likeness (QED) is 0.579. The van der Waals surface area contributed by atoms with Crippen LogP contribution in [-0.4, -0.2) is 26.6 Å². The van der Waals surface area contributed by atoms with Crippen molar-refractivity contribution in [2.24, 2.45) is 0 Å². The first-order valence-corrected chi connectivity index (χ1v) is 6.69. The van der Waals surface area contributed by atoms with Crippen molar-refractivity contribution in [2.75, 3.05) is 20.3 Å². The smallest absolute Gasteiger partial charge is 0.162 e. The lowest BCUT2D eigenvalue weighted by molar-refractivity contribution is 0.112. The monoisotopic (exact) mass is 286 g/mol. The zero-order valence-electron chi connectivity index (χ0n) is 12.2. The van der Waals surface area contributed by atoms with Crippen LogP contribution in [0.1, 0.15) is 15.9 Å². The summed E-state index contributed by atoms with van der Waals surface area (Å²) < 4.78 is 16.5. The molecule has 4 nitrogen and oxygen atoms in total. The van der Waals surface area contributed by atoms with E-state index >= 15 is 0 Å². The van der Waals surface area contributed by atoms with Gasteiger partial charge in [-0.2, -0.15) is 0 Å². The Morgan fingerprint density at radius 1 is 0.952 bits per heavy atom. The van der Waals surface area contributed by atoms with Gasteiger partial charge in [0.1, 0.15) is 25.2 Å². The van der Waals surface area contributed by atoms with Crippen molar-refractivity contribution in [3.8, 4) is 17.2 Å². The van der Waals surface area contributed by atoms with Gasteiger partial charge in [0.05, 0.1) is 7.11 Å². The van der Waals surface area contributed by atoms with E-state index < -0.39 is 0 Å². The number of carbonyl (C=O) groups is 1. The van der Waals surface area contributed by atoms with Crippen LogP contribution in [0.15, 0.2) is 42.5 Å². The van der Waals surface area contributed by atoms with Gasteiger partial charge in [0.25, 0.3) is 0 Å². The highest BCUT2D eigenvalue weighted by Crippen LogP contribution is 2.27. The Balaban J connectivity index is 1.91. The van der Waals surface area contributed by atoms with Gasteiger partial charge in [-0.3, -0.25) is 4.79 Å². The molecule has 110 valence electrons. The molecule has 0 radical (unpaired) electrons. The Hall–Kier alpha value is -2.49. The van der Waals surface area contributed by atoms with Crippen LogP contribution in [0.4, 0.5) is 0 Å². The van der Waals surface area contributed by atoms with E-state index in [0.717, 1.165) is 17.6 Å². The van der Waals surface area contributed by atoms with Crippen LogP contribution < -0.4 is 14.2 Å². The second-order valence-corrected chi connectivity index (χ2v) is 4.49. The third-order valence-corrected chi connectivity index (χ3v) is 3.02. The molecule has 0 bridgehead atoms. The van der Waals surface area contributed by atoms with Gasteiger partial charge < -0.3 is 14.2 Å². The zero-order chi connectivity index (χ0) is 15.1. The number of carbonyl (C=O) groups excluding carboxylic acids is 1. The van der Waals surface area contributed by atoms with Crippen molar-refractivity contribution >= 4 is 6.29 Å². The predicted molar refractivity (Wildman–Crippen MR) is 80.6 cm³/mol. The molecule has 2 aromatic rings. The van der Waals surface area contributed by atoms with Crippen LogP contribution in [0.3, 0.4) is 0 Å². The first-order valence-electron chi connectivity index (χ1n) is 6.69. The molecule has 2 rings (SSSR count). The fourth-order valence-corrected chi connectivity index (χ4v) is 1.90. The highest BCUT2D eigenvalue weighted by Gasteiger charge is 2.06. The maximum atomic E-state index is 10.8. The summed E-state index contributed by atoms with van der Waals surface area (Å²) in [5.41, 5.74) is 1.63. The summed E-state index contributed by atoms with van der Waals surface area (Å²) >= 11 is 0. The van der Waals surface area contributed by atoms with Crippen molar-refractivity contribution in [3.05, 3.63) is 53.6 Å². The molecule has 0 saturated heterocycles. The van der Waals surface area contributed by atoms with Gasteiger partial charge in [0.15, 0.2) is 11.5 Å². The lowest BCUT2D eigenvalue weighted by Crippen LogP contribution is -2.10. The Labute approximate surface area is 124 Å². The molecule has 0 aliphatic heterocycles. The highest BCUT2D eigenvalue weighted by molar-refractivity contribution is 5.76. The van der Waals surface area contributed by atoms with Crippen molar-refractivity contribution < 1.29 is 19.0 Å². The van der Waals surface area contributed by atoms with Gasteiger partial charge in [0.2, 0.25) is 0 Å². The number of hydrogen-bond donors (Lipinski definition) is 0. The summed E-state index contributed by atoms with van der Waals surface area (Å²) in [4.78, 5) is 10.8. The first kappa shape index (κ1) is 14.9. The minimum atomic E-state index is 0.368. The molecule has 0 amide bonds. The summed E-state index contributed by atoms with van der Waals surface area (Å²) in [5.74, 6) is 1.97. The van der Waals surface area contributed by atoms with Gasteiger partial charge in [-0.15, -0.1) is 0 Å². The van der Waals surface area contributed by atoms with Crippen LogP contribution in [0, 0.1) is 6.92 Å². The number of methoxy groups -OCH3 is 1. The fourth-order valence-electron chi connectivity index (χ4n) is 1.90. The van der Waals surface area contributed by atoms with E-state index in [1.807, 2.05) is 31.2 Å². The molecular formula is C17H18O4. The lowest BCUT2D eigenvalue weighted by atomic mass is 10.2. The molecule has 0 aliphatic carbocycles. The van der Waals surface area contributed by atoms with Crippen LogP contribution in [0.25, 0.3) is 0 Å². The summed E-state index contributed by atoms with van der Waals surface area (Å²) in [6, 6.07) is 12.9. The predicted octanol–water partition coefficient (Wildman–Crippen LogP) is 3.27. The fraction of sp³-hybridized carbons (Fsp3) is 0.235. The van der Waals surface area contributed by atoms with E-state index in [0.29, 0.717) is 30.3 Å². The SMILES string of the molecule is COc1ccc(C=O)cc1OCCOc1ccccc1C. The molecule has 0 spiro atoms. The molecule has 0 heterocycles. The summed E-state index contributed by atoms with van der Waals surface area (Å²) in [5, 5.41) is 0. The second-order valence-electron chi connectivity index (χ2n) is 4.49. The molecule has 2 aromatic carbocycles. The molecule has 0 atom stereocenters. The van der Waals surface area contributed by atoms with Gasteiger partial charge in [-0.1, -0.05) is 18.2 Å². The van der Waals surface area contributed by atoms with Crippen molar-refractivity contribution in [1.82, 2.24) is 0 Å². The van der Waals surface area contributed by atoms with E-state index in [-0.39, 0.29) is 0 Å². The van der Waals surface area contributed by atoms with Gasteiger partial charge in [-0.05, 0) is 36.8 Å². The number of hydrogen-bond acceptors (Lipinski definition) is 4. The van der Waals surface area contributed by atoms with E-state index in [9.17, 15) is 4.79 Å². The molecule has 4 heteroatoms. The molecule has 0 fully saturated rings. The van der Waals surface area contributed by atoms with Gasteiger partial charge in [-0.25, -0.2) is 0 Å². The standard InChI is InChI=1S/C17H18O4/c1-13-5-3-4-6-15(13)20-9-10-21-17-11-14(12-18)7-8-16(17)19-2/h3-8,11-12H,9-10H2,1-2H3. The van der Waals surface area contributed by atoms with Crippen LogP contribution >= 0.6 is 0 Å². The Morgan fingerprint density at radius 3 is 2.33 bits per heavy atom. The van der Waals surface area contributed by atoms with Crippen molar-refractivity contribution in [2.45, 2.75) is 6.92 Å². The van der Waals surface area contributed by atoms with Crippen LogP contribution in [-0.2, 0) is 0 Å². The minimum Gasteiger partial charge on any atom is -0.493 e. The van der Waals surface area contributed by atoms with Crippen LogP contribution in [0.2, 0.25) is 0 Å². The molecule has 0 N–H and O–H groups in total. The van der Waals surface area contributed by atoms with E-state index in [1.165, 1.54) is 0 Å². The molecule has 0 saturated carbocycles. The lowest BCUT2D eigenvalue weighted by Gasteiger charge is -2.12. The maximum absolute atomic E-state index is 10.8. The van der Waals surface area contributed by atoms with Gasteiger partial charge >= 0.3 is 0 Å². The van der Waals surface area contributed by atoms with Gasteiger partial charge in [0, 0.05) is 5.56 Å². The summed E-state index contributed by atoms with van der Waals surface area (Å²) in [7, 11) is 1.56. The molecule has 0 unspecified atom stereocenters. The Kier molecular flexibility index (Phi) is 5.21. The topological polar surface area (TPSA) is 44.8 Å². The van der Waals surface area contributed by atoms with Crippen LogP contribution in [0.5, 0.6) is 17.2 Å². The number of aryl methyl sites for hydroxylation is 1. The van der Waals surface area contributed by atoms with E-state index in [4.69, 9.17) is 14.2 Å². The average Bonchev–Trinajstić information content (AvgIpc) is 2.52. The zero-order valence-corrected chi connectivity index (χ0v) is 12.2. The first-order chi connectivity index (χ1) is 10.2. The number of para-hydroxylation sites is 1. The minimum absolute atomic E-state index is 0.368. The number of benzene rings is 2. The summed E-state index contributed by atoms with van der Waals surface area (Å²) in [6.07, 6.45) is 0.774. The highest BCUT2D eigenvalue weighted by atomic mass is 16.5. The van der Waals surface area contributed by atoms with E-state index in [1.54, 1.807) is 25.3 Å². The molecule has 21 heavy (non-hydrogen) atoms. The second kappa shape index (κ2) is 7.33. The number of aldehydes is 1. The number of rotatable bonds is 7. The normalized spacial score (nSPS) is 10.0. The van der Waals surface area contributed by atoms with Crippen molar-refractivity contribution in [1.29, 1.82) is 0 Å².